The van der Waals surface area contributed by atoms with Crippen molar-refractivity contribution < 1.29 is 4.52 Å². The minimum Gasteiger partial charge on any atom is -0.388 e. The van der Waals surface area contributed by atoms with Gasteiger partial charge in [0.25, 0.3) is 0 Å². The van der Waals surface area contributed by atoms with Gasteiger partial charge in [-0.15, -0.1) is 0 Å². The molecule has 0 bridgehead atoms. The molecule has 0 aliphatic heterocycles. The molecule has 94 valence electrons. The number of hydrogen-bond acceptors (Lipinski definition) is 7. The molecule has 0 spiro atoms. The molecule has 0 radical (unpaired) electrons. The topological polar surface area (TPSA) is 103 Å². The van der Waals surface area contributed by atoms with Crippen molar-refractivity contribution in [2.24, 2.45) is 5.73 Å². The quantitative estimate of drug-likeness (QED) is 0.751. The van der Waals surface area contributed by atoms with Crippen molar-refractivity contribution in [3.63, 3.8) is 0 Å². The summed E-state index contributed by atoms with van der Waals surface area (Å²) in [5.41, 5.74) is 6.89. The van der Waals surface area contributed by atoms with Gasteiger partial charge in [0.2, 0.25) is 12.3 Å². The summed E-state index contributed by atoms with van der Waals surface area (Å²) in [6.07, 6.45) is 1.92. The largest absolute Gasteiger partial charge is 0.388 e. The average Bonchev–Trinajstić information content (AvgIpc) is 2.81. The van der Waals surface area contributed by atoms with Crippen LogP contribution in [0.3, 0.4) is 0 Å². The van der Waals surface area contributed by atoms with Gasteiger partial charge in [-0.25, -0.2) is 9.97 Å². The fourth-order valence-electron chi connectivity index (χ4n) is 1.36. The fraction of sp³-hybridized carbons (Fsp3) is 0.300. The molecule has 0 saturated heterocycles. The molecule has 0 amide bonds. The van der Waals surface area contributed by atoms with Gasteiger partial charge in [0.1, 0.15) is 10.7 Å². The van der Waals surface area contributed by atoms with E-state index in [1.165, 1.54) is 6.39 Å². The smallest absolute Gasteiger partial charge is 0.223 e. The van der Waals surface area contributed by atoms with Crippen LogP contribution in [-0.2, 0) is 6.42 Å². The van der Waals surface area contributed by atoms with Crippen LogP contribution in [0.15, 0.2) is 17.0 Å². The van der Waals surface area contributed by atoms with Crippen LogP contribution in [0, 0.1) is 6.92 Å². The number of nitrogens with two attached hydrogens (primary N) is 1. The maximum absolute atomic E-state index is 5.54. The van der Waals surface area contributed by atoms with Crippen molar-refractivity contribution in [2.75, 3.05) is 11.9 Å². The normalized spacial score (nSPS) is 10.3. The summed E-state index contributed by atoms with van der Waals surface area (Å²) in [5.74, 6) is 1.12. The van der Waals surface area contributed by atoms with Gasteiger partial charge < -0.3 is 15.6 Å². The lowest BCUT2D eigenvalue weighted by Gasteiger charge is -2.06. The maximum Gasteiger partial charge on any atom is 0.223 e. The molecule has 8 heteroatoms. The molecule has 0 aliphatic rings. The van der Waals surface area contributed by atoms with Gasteiger partial charge in [0, 0.05) is 18.7 Å². The Balaban J connectivity index is 1.98. The Morgan fingerprint density at radius 1 is 1.50 bits per heavy atom. The Hall–Kier alpha value is -2.09. The van der Waals surface area contributed by atoms with Crippen molar-refractivity contribution in [1.29, 1.82) is 0 Å². The third-order valence-electron chi connectivity index (χ3n) is 2.15. The second-order valence-electron chi connectivity index (χ2n) is 3.61. The van der Waals surface area contributed by atoms with E-state index in [-0.39, 0.29) is 4.99 Å². The SMILES string of the molecule is Cc1cc(C(N)=S)nc(NCCc2ncon2)n1. The number of aryl methyl sites for hydroxylation is 1. The van der Waals surface area contributed by atoms with Crippen molar-refractivity contribution in [3.05, 3.63) is 29.7 Å². The third-order valence-corrected chi connectivity index (χ3v) is 2.35. The first-order valence-electron chi connectivity index (χ1n) is 5.30. The van der Waals surface area contributed by atoms with Crippen molar-refractivity contribution in [2.45, 2.75) is 13.3 Å². The Morgan fingerprint density at radius 2 is 2.33 bits per heavy atom. The van der Waals surface area contributed by atoms with E-state index < -0.39 is 0 Å². The Morgan fingerprint density at radius 3 is 3.00 bits per heavy atom. The van der Waals surface area contributed by atoms with Crippen LogP contribution < -0.4 is 11.1 Å². The number of hydrogen-bond donors (Lipinski definition) is 2. The molecular weight excluding hydrogens is 252 g/mol. The van der Waals surface area contributed by atoms with E-state index in [1.54, 1.807) is 6.07 Å². The van der Waals surface area contributed by atoms with E-state index in [4.69, 9.17) is 18.0 Å². The van der Waals surface area contributed by atoms with Gasteiger partial charge in [0.15, 0.2) is 5.82 Å². The van der Waals surface area contributed by atoms with Crippen LogP contribution >= 0.6 is 12.2 Å². The van der Waals surface area contributed by atoms with E-state index in [0.717, 1.165) is 5.69 Å². The first-order valence-corrected chi connectivity index (χ1v) is 5.70. The number of nitrogens with one attached hydrogen (secondary N) is 1. The molecule has 2 rings (SSSR count). The van der Waals surface area contributed by atoms with Gasteiger partial charge in [-0.2, -0.15) is 4.98 Å². The van der Waals surface area contributed by atoms with Gasteiger partial charge in [-0.05, 0) is 13.0 Å². The highest BCUT2D eigenvalue weighted by Gasteiger charge is 2.05. The first-order chi connectivity index (χ1) is 8.65. The molecule has 3 N–H and O–H groups in total. The zero-order valence-corrected chi connectivity index (χ0v) is 10.6. The summed E-state index contributed by atoms with van der Waals surface area (Å²) < 4.78 is 4.63. The van der Waals surface area contributed by atoms with Crippen LogP contribution in [0.2, 0.25) is 0 Å². The summed E-state index contributed by atoms with van der Waals surface area (Å²) in [6.45, 7) is 2.45. The second-order valence-corrected chi connectivity index (χ2v) is 4.05. The monoisotopic (exact) mass is 264 g/mol. The highest BCUT2D eigenvalue weighted by molar-refractivity contribution is 7.80. The van der Waals surface area contributed by atoms with Gasteiger partial charge in [-0.1, -0.05) is 17.4 Å². The number of thiocarbonyl (C=S) groups is 1. The first kappa shape index (κ1) is 12.4. The highest BCUT2D eigenvalue weighted by Crippen LogP contribution is 2.05. The van der Waals surface area contributed by atoms with E-state index in [1.807, 2.05) is 6.92 Å². The molecule has 0 atom stereocenters. The molecule has 0 saturated carbocycles. The molecular formula is C10H12N6OS. The lowest BCUT2D eigenvalue weighted by molar-refractivity contribution is 0.410. The van der Waals surface area contributed by atoms with Crippen molar-refractivity contribution in [3.8, 4) is 0 Å². The minimum absolute atomic E-state index is 0.252. The van der Waals surface area contributed by atoms with Crippen LogP contribution in [0.25, 0.3) is 0 Å². The average molecular weight is 264 g/mol. The zero-order valence-electron chi connectivity index (χ0n) is 9.75. The minimum atomic E-state index is 0.252. The molecule has 0 aromatic carbocycles. The Bertz CT molecular complexity index is 541. The molecule has 2 aromatic heterocycles. The Labute approximate surface area is 109 Å². The predicted octanol–water partition coefficient (Wildman–Crippen LogP) is 0.457. The molecule has 0 aliphatic carbocycles. The van der Waals surface area contributed by atoms with E-state index in [2.05, 4.69) is 29.9 Å². The van der Waals surface area contributed by atoms with E-state index in [9.17, 15) is 0 Å². The van der Waals surface area contributed by atoms with Crippen molar-refractivity contribution >= 4 is 23.2 Å². The molecule has 2 heterocycles. The summed E-state index contributed by atoms with van der Waals surface area (Å²) in [5, 5.41) is 6.76. The van der Waals surface area contributed by atoms with Gasteiger partial charge in [-0.3, -0.25) is 0 Å². The molecule has 2 aromatic rings. The van der Waals surface area contributed by atoms with Crippen LogP contribution in [-0.4, -0.2) is 31.6 Å². The summed E-state index contributed by atoms with van der Waals surface area (Å²) in [4.78, 5) is 12.6. The summed E-state index contributed by atoms with van der Waals surface area (Å²) in [6, 6.07) is 1.74. The van der Waals surface area contributed by atoms with E-state index in [0.29, 0.717) is 30.4 Å². The third kappa shape index (κ3) is 3.20. The second kappa shape index (κ2) is 5.50. The number of aromatic nitrogens is 4. The standard InChI is InChI=1S/C10H12N6OS/c1-6-4-7(9(11)18)15-10(14-6)12-3-2-8-13-5-17-16-8/h4-5H,2-3H2,1H3,(H2,11,18)(H,12,14,15). The molecule has 7 nitrogen and oxygen atoms in total. The lowest BCUT2D eigenvalue weighted by Crippen LogP contribution is -2.15. The molecule has 0 fully saturated rings. The molecule has 18 heavy (non-hydrogen) atoms. The summed E-state index contributed by atoms with van der Waals surface area (Å²) in [7, 11) is 0. The van der Waals surface area contributed by atoms with Crippen molar-refractivity contribution in [1.82, 2.24) is 20.1 Å². The van der Waals surface area contributed by atoms with E-state index >= 15 is 0 Å². The Kier molecular flexibility index (Phi) is 3.78. The van der Waals surface area contributed by atoms with Crippen LogP contribution in [0.4, 0.5) is 5.95 Å². The summed E-state index contributed by atoms with van der Waals surface area (Å²) >= 11 is 4.89. The zero-order chi connectivity index (χ0) is 13.0. The maximum atomic E-state index is 5.54. The fourth-order valence-corrected chi connectivity index (χ4v) is 1.47. The number of nitrogens with zero attached hydrogens (tertiary/aromatic N) is 4. The predicted molar refractivity (Wildman–Crippen MR) is 69.1 cm³/mol. The highest BCUT2D eigenvalue weighted by atomic mass is 32.1. The van der Waals surface area contributed by atoms with Crippen LogP contribution in [0.1, 0.15) is 17.2 Å². The van der Waals surface area contributed by atoms with Gasteiger partial charge >= 0.3 is 0 Å². The molecule has 0 unspecified atom stereocenters. The van der Waals surface area contributed by atoms with Gasteiger partial charge in [0.05, 0.1) is 0 Å². The lowest BCUT2D eigenvalue weighted by atomic mass is 10.3. The number of rotatable bonds is 5. The van der Waals surface area contributed by atoms with Crippen LogP contribution in [0.5, 0.6) is 0 Å². The number of anilines is 1.